The van der Waals surface area contributed by atoms with Crippen LogP contribution < -0.4 is 5.73 Å². The zero-order valence-corrected chi connectivity index (χ0v) is 14.3. The quantitative estimate of drug-likeness (QED) is 0.628. The largest absolute Gasteiger partial charge is 0.369 e. The molecule has 1 aliphatic carbocycles. The summed E-state index contributed by atoms with van der Waals surface area (Å²) in [6.07, 6.45) is 10.2. The Morgan fingerprint density at radius 1 is 1.25 bits per heavy atom. The van der Waals surface area contributed by atoms with E-state index in [1.54, 1.807) is 0 Å². The van der Waals surface area contributed by atoms with Gasteiger partial charge < -0.3 is 5.73 Å². The van der Waals surface area contributed by atoms with E-state index in [0.29, 0.717) is 11.5 Å². The third kappa shape index (κ3) is 3.97. The topological polar surface area (TPSA) is 46.3 Å². The van der Waals surface area contributed by atoms with E-state index in [1.807, 2.05) is 0 Å². The van der Waals surface area contributed by atoms with Crippen LogP contribution in [-0.4, -0.2) is 35.3 Å². The van der Waals surface area contributed by atoms with Crippen LogP contribution in [0.15, 0.2) is 0 Å². The molecule has 1 amide bonds. The Morgan fingerprint density at radius 3 is 2.45 bits per heavy atom. The van der Waals surface area contributed by atoms with Crippen molar-refractivity contribution in [2.75, 3.05) is 18.4 Å². The van der Waals surface area contributed by atoms with E-state index in [9.17, 15) is 4.79 Å². The summed E-state index contributed by atoms with van der Waals surface area (Å²) in [7, 11) is 0. The molecule has 1 saturated heterocycles. The lowest BCUT2D eigenvalue weighted by atomic mass is 9.80. The first-order chi connectivity index (χ1) is 9.56. The molecule has 20 heavy (non-hydrogen) atoms. The standard InChI is InChI=1S/C16H29BrN2O/c1-13-6-7-14(15(18)20)10-19(13)12-16(11-17)8-4-2-3-5-9-16/h13-14H,2-12H2,1H3,(H2,18,20). The maximum Gasteiger partial charge on any atom is 0.221 e. The molecule has 2 unspecified atom stereocenters. The molecule has 0 radical (unpaired) electrons. The number of alkyl halides is 1. The average Bonchev–Trinajstić information content (AvgIpc) is 2.67. The molecule has 4 heteroatoms. The number of hydrogen-bond acceptors (Lipinski definition) is 2. The second-order valence-electron chi connectivity index (χ2n) is 7.00. The number of likely N-dealkylation sites (tertiary alicyclic amines) is 1. The number of nitrogens with zero attached hydrogens (tertiary/aromatic N) is 1. The second kappa shape index (κ2) is 7.26. The number of nitrogens with two attached hydrogens (primary N) is 1. The summed E-state index contributed by atoms with van der Waals surface area (Å²) in [6, 6.07) is 0.588. The number of rotatable bonds is 4. The summed E-state index contributed by atoms with van der Waals surface area (Å²) in [5.41, 5.74) is 5.93. The lowest BCUT2D eigenvalue weighted by Crippen LogP contribution is -2.50. The molecule has 2 fully saturated rings. The summed E-state index contributed by atoms with van der Waals surface area (Å²) in [5, 5.41) is 1.09. The first-order valence-electron chi connectivity index (χ1n) is 8.16. The third-order valence-electron chi connectivity index (χ3n) is 5.40. The van der Waals surface area contributed by atoms with E-state index < -0.39 is 0 Å². The van der Waals surface area contributed by atoms with E-state index >= 15 is 0 Å². The molecular formula is C16H29BrN2O. The van der Waals surface area contributed by atoms with Gasteiger partial charge >= 0.3 is 0 Å². The van der Waals surface area contributed by atoms with Crippen molar-refractivity contribution in [2.24, 2.45) is 17.1 Å². The molecule has 2 aliphatic rings. The minimum Gasteiger partial charge on any atom is -0.369 e. The molecule has 3 nitrogen and oxygen atoms in total. The number of carbonyl (C=O) groups excluding carboxylic acids is 1. The Kier molecular flexibility index (Phi) is 5.91. The molecule has 0 bridgehead atoms. The Hall–Kier alpha value is -0.0900. The van der Waals surface area contributed by atoms with Crippen LogP contribution in [0.2, 0.25) is 0 Å². The van der Waals surface area contributed by atoms with Crippen molar-refractivity contribution >= 4 is 21.8 Å². The van der Waals surface area contributed by atoms with Crippen molar-refractivity contribution in [3.63, 3.8) is 0 Å². The molecule has 0 aromatic heterocycles. The fraction of sp³-hybridized carbons (Fsp3) is 0.938. The van der Waals surface area contributed by atoms with Crippen molar-refractivity contribution in [1.29, 1.82) is 0 Å². The molecule has 0 aromatic rings. The van der Waals surface area contributed by atoms with Crippen molar-refractivity contribution in [1.82, 2.24) is 4.90 Å². The average molecular weight is 345 g/mol. The van der Waals surface area contributed by atoms with Crippen molar-refractivity contribution in [2.45, 2.75) is 64.3 Å². The maximum absolute atomic E-state index is 11.5. The highest BCUT2D eigenvalue weighted by Crippen LogP contribution is 2.39. The third-order valence-corrected chi connectivity index (χ3v) is 6.59. The Labute approximate surface area is 131 Å². The zero-order valence-electron chi connectivity index (χ0n) is 12.7. The van der Waals surface area contributed by atoms with Crippen LogP contribution in [0.1, 0.15) is 58.3 Å². The summed E-state index contributed by atoms with van der Waals surface area (Å²) in [5.74, 6) is -0.0555. The van der Waals surface area contributed by atoms with Crippen LogP contribution in [0, 0.1) is 11.3 Å². The van der Waals surface area contributed by atoms with Crippen LogP contribution in [0.4, 0.5) is 0 Å². The zero-order chi connectivity index (χ0) is 14.6. The second-order valence-corrected chi connectivity index (χ2v) is 7.56. The summed E-state index contributed by atoms with van der Waals surface area (Å²) in [4.78, 5) is 14.0. The number of piperidine rings is 1. The van der Waals surface area contributed by atoms with Gasteiger partial charge in [-0.15, -0.1) is 0 Å². The van der Waals surface area contributed by atoms with Gasteiger partial charge in [0.05, 0.1) is 5.92 Å². The molecule has 0 aromatic carbocycles. The highest BCUT2D eigenvalue weighted by atomic mass is 79.9. The van der Waals surface area contributed by atoms with Crippen LogP contribution in [-0.2, 0) is 4.79 Å². The van der Waals surface area contributed by atoms with Gasteiger partial charge in [-0.25, -0.2) is 0 Å². The molecule has 2 rings (SSSR count). The molecule has 2 N–H and O–H groups in total. The SMILES string of the molecule is CC1CCC(C(N)=O)CN1CC1(CBr)CCCCCC1. The van der Waals surface area contributed by atoms with Crippen LogP contribution >= 0.6 is 15.9 Å². The van der Waals surface area contributed by atoms with Gasteiger partial charge in [-0.3, -0.25) is 9.69 Å². The van der Waals surface area contributed by atoms with Gasteiger partial charge in [-0.1, -0.05) is 41.6 Å². The van der Waals surface area contributed by atoms with Gasteiger partial charge in [0.25, 0.3) is 0 Å². The predicted molar refractivity (Wildman–Crippen MR) is 86.9 cm³/mol. The number of hydrogen-bond donors (Lipinski definition) is 1. The lowest BCUT2D eigenvalue weighted by molar-refractivity contribution is -0.124. The van der Waals surface area contributed by atoms with Crippen LogP contribution in [0.5, 0.6) is 0 Å². The molecule has 0 spiro atoms. The van der Waals surface area contributed by atoms with Gasteiger partial charge in [0, 0.05) is 24.5 Å². The minimum atomic E-state index is -0.115. The first-order valence-corrected chi connectivity index (χ1v) is 9.28. The predicted octanol–water partition coefficient (Wildman–Crippen LogP) is 3.31. The van der Waals surface area contributed by atoms with Crippen molar-refractivity contribution < 1.29 is 4.79 Å². The van der Waals surface area contributed by atoms with E-state index in [2.05, 4.69) is 27.8 Å². The Balaban J connectivity index is 2.02. The normalized spacial score (nSPS) is 31.7. The number of carbonyl (C=O) groups is 1. The molecule has 1 saturated carbocycles. The lowest BCUT2D eigenvalue weighted by Gasteiger charge is -2.43. The minimum absolute atomic E-state index is 0.0596. The van der Waals surface area contributed by atoms with E-state index in [0.717, 1.165) is 31.3 Å². The molecule has 2 atom stereocenters. The highest BCUT2D eigenvalue weighted by Gasteiger charge is 2.36. The van der Waals surface area contributed by atoms with Gasteiger partial charge in [0.2, 0.25) is 5.91 Å². The monoisotopic (exact) mass is 344 g/mol. The highest BCUT2D eigenvalue weighted by molar-refractivity contribution is 9.09. The molecule has 1 aliphatic heterocycles. The number of halogens is 1. The Bertz CT molecular complexity index is 326. The number of primary amides is 1. The number of amides is 1. The van der Waals surface area contributed by atoms with E-state index in [-0.39, 0.29) is 11.8 Å². The van der Waals surface area contributed by atoms with Gasteiger partial charge in [-0.05, 0) is 38.0 Å². The summed E-state index contributed by atoms with van der Waals surface area (Å²) in [6.45, 7) is 4.30. The van der Waals surface area contributed by atoms with E-state index in [1.165, 1.54) is 38.5 Å². The van der Waals surface area contributed by atoms with Crippen molar-refractivity contribution in [3.05, 3.63) is 0 Å². The first kappa shape index (κ1) is 16.3. The fourth-order valence-corrected chi connectivity index (χ4v) is 4.61. The van der Waals surface area contributed by atoms with Crippen LogP contribution in [0.3, 0.4) is 0 Å². The van der Waals surface area contributed by atoms with Crippen LogP contribution in [0.25, 0.3) is 0 Å². The fourth-order valence-electron chi connectivity index (χ4n) is 3.88. The Morgan fingerprint density at radius 2 is 1.90 bits per heavy atom. The molecule has 1 heterocycles. The van der Waals surface area contributed by atoms with Gasteiger partial charge in [-0.2, -0.15) is 0 Å². The smallest absolute Gasteiger partial charge is 0.221 e. The summed E-state index contributed by atoms with van der Waals surface area (Å²) < 4.78 is 0. The van der Waals surface area contributed by atoms with E-state index in [4.69, 9.17) is 5.73 Å². The maximum atomic E-state index is 11.5. The van der Waals surface area contributed by atoms with Gasteiger partial charge in [0.15, 0.2) is 0 Å². The molecular weight excluding hydrogens is 316 g/mol. The van der Waals surface area contributed by atoms with Crippen molar-refractivity contribution in [3.8, 4) is 0 Å². The van der Waals surface area contributed by atoms with Gasteiger partial charge in [0.1, 0.15) is 0 Å². The molecule has 116 valence electrons. The summed E-state index contributed by atoms with van der Waals surface area (Å²) >= 11 is 3.78.